The number of hydrogen-bond acceptors (Lipinski definition) is 4. The Hall–Kier alpha value is -1.43. The molecule has 0 spiro atoms. The molecular formula is C14H20N2O4. The van der Waals surface area contributed by atoms with E-state index >= 15 is 0 Å². The van der Waals surface area contributed by atoms with Crippen molar-refractivity contribution in [1.82, 2.24) is 10.2 Å². The average molecular weight is 280 g/mol. The number of carbonyl (C=O) groups is 3. The Kier molecular flexibility index (Phi) is 3.50. The van der Waals surface area contributed by atoms with Gasteiger partial charge in [-0.05, 0) is 32.1 Å². The van der Waals surface area contributed by atoms with Crippen molar-refractivity contribution in [2.45, 2.75) is 51.2 Å². The maximum absolute atomic E-state index is 12.7. The van der Waals surface area contributed by atoms with Crippen LogP contribution in [0.1, 0.15) is 39.0 Å². The van der Waals surface area contributed by atoms with Gasteiger partial charge in [-0.1, -0.05) is 12.8 Å². The van der Waals surface area contributed by atoms with Crippen LogP contribution < -0.4 is 5.32 Å². The van der Waals surface area contributed by atoms with Gasteiger partial charge >= 0.3 is 6.03 Å². The number of barbiturate groups is 1. The van der Waals surface area contributed by atoms with E-state index in [1.165, 1.54) is 4.90 Å². The molecule has 110 valence electrons. The Morgan fingerprint density at radius 2 is 1.85 bits per heavy atom. The molecule has 6 heteroatoms. The molecule has 0 radical (unpaired) electrons. The van der Waals surface area contributed by atoms with Crippen LogP contribution >= 0.6 is 0 Å². The number of rotatable bonds is 2. The normalized spacial score (nSPS) is 35.8. The van der Waals surface area contributed by atoms with Gasteiger partial charge in [-0.2, -0.15) is 0 Å². The molecule has 20 heavy (non-hydrogen) atoms. The lowest BCUT2D eigenvalue weighted by molar-refractivity contribution is -0.147. The monoisotopic (exact) mass is 280 g/mol. The van der Waals surface area contributed by atoms with Crippen molar-refractivity contribution in [1.29, 1.82) is 0 Å². The summed E-state index contributed by atoms with van der Waals surface area (Å²) in [4.78, 5) is 38.0. The summed E-state index contributed by atoms with van der Waals surface area (Å²) in [5.41, 5.74) is 0. The molecule has 2 heterocycles. The quantitative estimate of drug-likeness (QED) is 0.767. The predicted octanol–water partition coefficient (Wildman–Crippen LogP) is 1.05. The molecule has 3 aliphatic rings. The molecule has 0 aromatic heterocycles. The lowest BCUT2D eigenvalue weighted by Gasteiger charge is -2.37. The highest BCUT2D eigenvalue weighted by Gasteiger charge is 2.49. The van der Waals surface area contributed by atoms with Gasteiger partial charge in [-0.15, -0.1) is 0 Å². The first-order valence-corrected chi connectivity index (χ1v) is 7.39. The molecule has 3 unspecified atom stereocenters. The molecule has 3 fully saturated rings. The highest BCUT2D eigenvalue weighted by Crippen LogP contribution is 2.35. The van der Waals surface area contributed by atoms with Crippen molar-refractivity contribution in [3.05, 3.63) is 0 Å². The minimum atomic E-state index is -0.692. The second kappa shape index (κ2) is 5.16. The van der Waals surface area contributed by atoms with Crippen molar-refractivity contribution in [3.63, 3.8) is 0 Å². The molecule has 6 nitrogen and oxygen atoms in total. The molecule has 4 amide bonds. The van der Waals surface area contributed by atoms with Crippen molar-refractivity contribution in [2.75, 3.05) is 6.61 Å². The molecule has 1 N–H and O–H groups in total. The third-order valence-corrected chi connectivity index (χ3v) is 4.77. The first-order chi connectivity index (χ1) is 9.59. The molecular weight excluding hydrogens is 260 g/mol. The Morgan fingerprint density at radius 1 is 1.15 bits per heavy atom. The molecule has 1 saturated carbocycles. The van der Waals surface area contributed by atoms with Crippen molar-refractivity contribution < 1.29 is 19.1 Å². The third-order valence-electron chi connectivity index (χ3n) is 4.77. The van der Waals surface area contributed by atoms with Crippen LogP contribution in [0.15, 0.2) is 0 Å². The number of nitrogens with zero attached hydrogens (tertiary/aromatic N) is 1. The van der Waals surface area contributed by atoms with Crippen LogP contribution in [0.4, 0.5) is 4.79 Å². The maximum atomic E-state index is 12.7. The number of imide groups is 2. The van der Waals surface area contributed by atoms with Gasteiger partial charge < -0.3 is 4.74 Å². The van der Waals surface area contributed by atoms with Gasteiger partial charge in [0.15, 0.2) is 0 Å². The minimum absolute atomic E-state index is 0.0794. The van der Waals surface area contributed by atoms with Crippen LogP contribution in [0.3, 0.4) is 0 Å². The Bertz CT molecular complexity index is 444. The van der Waals surface area contributed by atoms with Crippen LogP contribution in [-0.2, 0) is 14.3 Å². The zero-order chi connectivity index (χ0) is 14.3. The van der Waals surface area contributed by atoms with Gasteiger partial charge in [0.2, 0.25) is 11.8 Å². The highest BCUT2D eigenvalue weighted by atomic mass is 16.5. The van der Waals surface area contributed by atoms with E-state index in [1.807, 2.05) is 6.92 Å². The number of hydrogen-bond donors (Lipinski definition) is 1. The van der Waals surface area contributed by atoms with Gasteiger partial charge in [0, 0.05) is 6.61 Å². The van der Waals surface area contributed by atoms with Gasteiger partial charge in [0.25, 0.3) is 0 Å². The first-order valence-electron chi connectivity index (χ1n) is 7.39. The maximum Gasteiger partial charge on any atom is 0.331 e. The standard InChI is InChI=1S/C14H20N2O4/c1-8-10(6-7-20-8)16-13(18)11(9-4-2-3-5-9)12(17)15-14(16)19/h8-11H,2-7H2,1H3,(H,15,17,19). The van der Waals surface area contributed by atoms with Crippen LogP contribution in [-0.4, -0.2) is 41.5 Å². The van der Waals surface area contributed by atoms with E-state index in [-0.39, 0.29) is 24.0 Å². The summed E-state index contributed by atoms with van der Waals surface area (Å²) in [6, 6.07) is -0.837. The van der Waals surface area contributed by atoms with Crippen LogP contribution in [0.25, 0.3) is 0 Å². The van der Waals surface area contributed by atoms with Crippen LogP contribution in [0.5, 0.6) is 0 Å². The minimum Gasteiger partial charge on any atom is -0.376 e. The lowest BCUT2D eigenvalue weighted by Crippen LogP contribution is -2.63. The molecule has 0 aromatic carbocycles. The van der Waals surface area contributed by atoms with Crippen molar-refractivity contribution in [2.24, 2.45) is 11.8 Å². The Morgan fingerprint density at radius 3 is 2.45 bits per heavy atom. The second-order valence-corrected chi connectivity index (χ2v) is 5.96. The Balaban J connectivity index is 1.84. The fourth-order valence-electron chi connectivity index (χ4n) is 3.69. The molecule has 0 bridgehead atoms. The van der Waals surface area contributed by atoms with Crippen LogP contribution in [0.2, 0.25) is 0 Å². The molecule has 3 rings (SSSR count). The average Bonchev–Trinajstić information content (AvgIpc) is 3.02. The topological polar surface area (TPSA) is 75.7 Å². The zero-order valence-corrected chi connectivity index (χ0v) is 11.6. The van der Waals surface area contributed by atoms with E-state index < -0.39 is 17.9 Å². The summed E-state index contributed by atoms with van der Waals surface area (Å²) in [5, 5.41) is 2.36. The number of carbonyl (C=O) groups excluding carboxylic acids is 3. The van der Waals surface area contributed by atoms with Gasteiger partial charge in [0.1, 0.15) is 5.92 Å². The summed E-state index contributed by atoms with van der Waals surface area (Å²) in [6.07, 6.45) is 4.37. The van der Waals surface area contributed by atoms with E-state index in [4.69, 9.17) is 4.74 Å². The number of amides is 4. The van der Waals surface area contributed by atoms with E-state index in [2.05, 4.69) is 5.32 Å². The van der Waals surface area contributed by atoms with Crippen molar-refractivity contribution in [3.8, 4) is 0 Å². The van der Waals surface area contributed by atoms with E-state index in [9.17, 15) is 14.4 Å². The number of nitrogens with one attached hydrogen (secondary N) is 1. The zero-order valence-electron chi connectivity index (χ0n) is 11.6. The summed E-state index contributed by atoms with van der Waals surface area (Å²) in [6.45, 7) is 2.41. The third kappa shape index (κ3) is 2.12. The predicted molar refractivity (Wildman–Crippen MR) is 69.7 cm³/mol. The van der Waals surface area contributed by atoms with Crippen LogP contribution in [0, 0.1) is 11.8 Å². The Labute approximate surface area is 117 Å². The van der Waals surface area contributed by atoms with E-state index in [0.29, 0.717) is 13.0 Å². The molecule has 3 atom stereocenters. The van der Waals surface area contributed by atoms with Crippen molar-refractivity contribution >= 4 is 17.8 Å². The van der Waals surface area contributed by atoms with Gasteiger partial charge in [-0.3, -0.25) is 19.8 Å². The second-order valence-electron chi connectivity index (χ2n) is 5.96. The fraction of sp³-hybridized carbons (Fsp3) is 0.786. The first kappa shape index (κ1) is 13.5. The smallest absolute Gasteiger partial charge is 0.331 e. The van der Waals surface area contributed by atoms with Gasteiger partial charge in [0.05, 0.1) is 12.1 Å². The lowest BCUT2D eigenvalue weighted by atomic mass is 9.87. The molecule has 2 saturated heterocycles. The molecule has 2 aliphatic heterocycles. The van der Waals surface area contributed by atoms with E-state index in [0.717, 1.165) is 25.7 Å². The molecule has 0 aromatic rings. The summed E-state index contributed by atoms with van der Waals surface area (Å²) < 4.78 is 5.44. The summed E-state index contributed by atoms with van der Waals surface area (Å²) in [7, 11) is 0. The summed E-state index contributed by atoms with van der Waals surface area (Å²) >= 11 is 0. The summed E-state index contributed by atoms with van der Waals surface area (Å²) in [5.74, 6) is -1.36. The number of urea groups is 1. The van der Waals surface area contributed by atoms with E-state index in [1.54, 1.807) is 0 Å². The fourth-order valence-corrected chi connectivity index (χ4v) is 3.69. The largest absolute Gasteiger partial charge is 0.376 e. The SMILES string of the molecule is CC1OCCC1N1C(=O)NC(=O)C(C2CCCC2)C1=O. The molecule has 1 aliphatic carbocycles. The highest BCUT2D eigenvalue weighted by molar-refractivity contribution is 6.16. The van der Waals surface area contributed by atoms with Gasteiger partial charge in [-0.25, -0.2) is 4.79 Å². The number of ether oxygens (including phenoxy) is 1.